The molecule has 146 valence electrons. The molecule has 2 unspecified atom stereocenters. The van der Waals surface area contributed by atoms with Crippen LogP contribution in [0.5, 0.6) is 0 Å². The highest BCUT2D eigenvalue weighted by Crippen LogP contribution is 2.38. The number of benzene rings is 1. The molecule has 8 nitrogen and oxygen atoms in total. The molecule has 1 aliphatic rings. The number of imidazole rings is 1. The van der Waals surface area contributed by atoms with Crippen LogP contribution >= 0.6 is 35.0 Å². The lowest BCUT2D eigenvalue weighted by Crippen LogP contribution is -2.27. The third-order valence-corrected chi connectivity index (χ3v) is 6.26. The fourth-order valence-electron chi connectivity index (χ4n) is 3.05. The predicted octanol–water partition coefficient (Wildman–Crippen LogP) is 2.52. The van der Waals surface area contributed by atoms with Gasteiger partial charge in [-0.3, -0.25) is 9.36 Å². The molecule has 1 saturated heterocycles. The molecule has 1 aliphatic heterocycles. The van der Waals surface area contributed by atoms with E-state index in [-0.39, 0.29) is 11.8 Å². The van der Waals surface area contributed by atoms with Crippen molar-refractivity contribution in [1.82, 2.24) is 19.5 Å². The normalized spacial score (nSPS) is 21.9. The Balaban J connectivity index is 1.67. The van der Waals surface area contributed by atoms with Crippen molar-refractivity contribution in [1.29, 1.82) is 0 Å². The number of nitrogens with one attached hydrogen (secondary N) is 1. The number of aromatic nitrogens is 4. The van der Waals surface area contributed by atoms with E-state index in [1.165, 1.54) is 18.1 Å². The molecule has 0 radical (unpaired) electrons. The summed E-state index contributed by atoms with van der Waals surface area (Å²) in [6, 6.07) is 4.99. The lowest BCUT2D eigenvalue weighted by atomic mass is 10.1. The van der Waals surface area contributed by atoms with Crippen LogP contribution in [0.25, 0.3) is 11.2 Å². The minimum Gasteiger partial charge on any atom is -0.389 e. The minimum absolute atomic E-state index is 0.0106. The summed E-state index contributed by atoms with van der Waals surface area (Å²) < 4.78 is 1.68. The van der Waals surface area contributed by atoms with Gasteiger partial charge in [0.15, 0.2) is 17.0 Å². The highest BCUT2D eigenvalue weighted by molar-refractivity contribution is 7.99. The summed E-state index contributed by atoms with van der Waals surface area (Å²) in [5.41, 5.74) is 2.12. The Morgan fingerprint density at radius 1 is 1.32 bits per heavy atom. The molecule has 0 saturated carbocycles. The lowest BCUT2D eigenvalue weighted by molar-refractivity contribution is 0.0313. The topological polar surface area (TPSA) is 113 Å². The SMILES string of the molecule is O=Cc1ccc(Cl)cc1CNc1nc(Cl)nc2c1ncn2[C@@H]1SCC(O)C1O. The molecule has 0 amide bonds. The van der Waals surface area contributed by atoms with Gasteiger partial charge < -0.3 is 15.5 Å². The minimum atomic E-state index is -0.936. The molecule has 4 rings (SSSR count). The number of carbonyl (C=O) groups is 1. The number of halogens is 2. The number of carbonyl (C=O) groups excluding carboxylic acids is 1. The highest BCUT2D eigenvalue weighted by Gasteiger charge is 2.36. The van der Waals surface area contributed by atoms with Crippen LogP contribution in [0.1, 0.15) is 21.3 Å². The van der Waals surface area contributed by atoms with Gasteiger partial charge in [0.05, 0.1) is 12.4 Å². The Hall–Kier alpha value is -1.91. The van der Waals surface area contributed by atoms with E-state index >= 15 is 0 Å². The van der Waals surface area contributed by atoms with E-state index in [0.29, 0.717) is 38.9 Å². The molecule has 3 heterocycles. The Morgan fingerprint density at radius 3 is 2.86 bits per heavy atom. The first kappa shape index (κ1) is 19.4. The molecule has 3 aromatic rings. The van der Waals surface area contributed by atoms with Gasteiger partial charge in [0.2, 0.25) is 5.28 Å². The predicted molar refractivity (Wildman–Crippen MR) is 108 cm³/mol. The molecule has 3 N–H and O–H groups in total. The van der Waals surface area contributed by atoms with Crippen LogP contribution in [0.3, 0.4) is 0 Å². The third kappa shape index (κ3) is 3.56. The van der Waals surface area contributed by atoms with E-state index in [4.69, 9.17) is 23.2 Å². The number of aldehydes is 1. The van der Waals surface area contributed by atoms with Gasteiger partial charge in [0.25, 0.3) is 0 Å². The van der Waals surface area contributed by atoms with Crippen molar-refractivity contribution in [3.8, 4) is 0 Å². The molecule has 0 aliphatic carbocycles. The van der Waals surface area contributed by atoms with Gasteiger partial charge >= 0.3 is 0 Å². The summed E-state index contributed by atoms with van der Waals surface area (Å²) in [5.74, 6) is 0.808. The molecule has 2 aromatic heterocycles. The highest BCUT2D eigenvalue weighted by atomic mass is 35.5. The number of rotatable bonds is 5. The van der Waals surface area contributed by atoms with E-state index in [1.807, 2.05) is 0 Å². The average molecular weight is 440 g/mol. The smallest absolute Gasteiger partial charge is 0.226 e. The standard InChI is InChI=1S/C17H15Cl2N5O3S/c18-10-2-1-8(5-25)9(3-10)4-20-14-12-15(23-17(19)22-14)24(7-21-12)16-13(27)11(26)6-28-16/h1-3,5,7,11,13,16,26-27H,4,6H2,(H,20,22,23)/t11?,13?,16-/m1/s1. The molecule has 1 aromatic carbocycles. The van der Waals surface area contributed by atoms with Crippen molar-refractivity contribution in [2.75, 3.05) is 11.1 Å². The summed E-state index contributed by atoms with van der Waals surface area (Å²) in [4.78, 5) is 24.0. The molecule has 1 fully saturated rings. The summed E-state index contributed by atoms with van der Waals surface area (Å²) in [5, 5.41) is 23.2. The molecular formula is C17H15Cl2N5O3S. The molecule has 28 heavy (non-hydrogen) atoms. The van der Waals surface area contributed by atoms with Crippen molar-refractivity contribution >= 4 is 58.2 Å². The van der Waals surface area contributed by atoms with Gasteiger partial charge in [-0.1, -0.05) is 11.6 Å². The third-order valence-electron chi connectivity index (χ3n) is 4.47. The van der Waals surface area contributed by atoms with Crippen LogP contribution in [0.2, 0.25) is 10.3 Å². The second kappa shape index (κ2) is 7.84. The maximum absolute atomic E-state index is 11.2. The molecule has 3 atom stereocenters. The number of aliphatic hydroxyl groups is 2. The van der Waals surface area contributed by atoms with Gasteiger partial charge in [-0.05, 0) is 35.4 Å². The van der Waals surface area contributed by atoms with Crippen LogP contribution in [0.15, 0.2) is 24.5 Å². The first-order valence-corrected chi connectivity index (χ1v) is 10.1. The number of thioether (sulfide) groups is 1. The maximum Gasteiger partial charge on any atom is 0.226 e. The van der Waals surface area contributed by atoms with Crippen molar-refractivity contribution in [3.05, 3.63) is 46.0 Å². The molecule has 11 heteroatoms. The Labute approximate surface area is 173 Å². The summed E-state index contributed by atoms with van der Waals surface area (Å²) >= 11 is 13.5. The van der Waals surface area contributed by atoms with Crippen LogP contribution in [0.4, 0.5) is 5.82 Å². The number of anilines is 1. The van der Waals surface area contributed by atoms with Crippen molar-refractivity contribution in [2.24, 2.45) is 0 Å². The van der Waals surface area contributed by atoms with Gasteiger partial charge in [-0.2, -0.15) is 9.97 Å². The second-order valence-corrected chi connectivity index (χ2v) is 8.19. The van der Waals surface area contributed by atoms with E-state index in [9.17, 15) is 15.0 Å². The number of aliphatic hydroxyl groups excluding tert-OH is 2. The fraction of sp³-hybridized carbons (Fsp3) is 0.294. The quantitative estimate of drug-likeness (QED) is 0.410. The van der Waals surface area contributed by atoms with Gasteiger partial charge in [-0.15, -0.1) is 11.8 Å². The summed E-state index contributed by atoms with van der Waals surface area (Å²) in [7, 11) is 0. The van der Waals surface area contributed by atoms with Crippen molar-refractivity contribution in [2.45, 2.75) is 24.1 Å². The molecular weight excluding hydrogens is 425 g/mol. The zero-order valence-electron chi connectivity index (χ0n) is 14.3. The van der Waals surface area contributed by atoms with Gasteiger partial charge in [0.1, 0.15) is 17.8 Å². The largest absolute Gasteiger partial charge is 0.389 e. The van der Waals surface area contributed by atoms with Gasteiger partial charge in [0, 0.05) is 22.9 Å². The maximum atomic E-state index is 11.2. The summed E-state index contributed by atoms with van der Waals surface area (Å²) in [6.07, 6.45) is 0.547. The Bertz CT molecular complexity index is 1050. The van der Waals surface area contributed by atoms with Crippen molar-refractivity contribution < 1.29 is 15.0 Å². The first-order valence-electron chi connectivity index (χ1n) is 8.33. The van der Waals surface area contributed by atoms with Crippen molar-refractivity contribution in [3.63, 3.8) is 0 Å². The molecule has 0 bridgehead atoms. The number of nitrogens with zero attached hydrogens (tertiary/aromatic N) is 4. The first-order chi connectivity index (χ1) is 13.5. The number of hydrogen-bond acceptors (Lipinski definition) is 8. The van der Waals surface area contributed by atoms with Crippen LogP contribution < -0.4 is 5.32 Å². The van der Waals surface area contributed by atoms with Gasteiger partial charge in [-0.25, -0.2) is 4.98 Å². The zero-order valence-corrected chi connectivity index (χ0v) is 16.6. The summed E-state index contributed by atoms with van der Waals surface area (Å²) in [6.45, 7) is 0.281. The lowest BCUT2D eigenvalue weighted by Gasteiger charge is -2.17. The van der Waals surface area contributed by atoms with E-state index in [1.54, 1.807) is 22.8 Å². The van der Waals surface area contributed by atoms with E-state index in [2.05, 4.69) is 20.3 Å². The van der Waals surface area contributed by atoms with E-state index < -0.39 is 17.6 Å². The average Bonchev–Trinajstić information content (AvgIpc) is 3.23. The van der Waals surface area contributed by atoms with Crippen LogP contribution in [-0.2, 0) is 6.54 Å². The monoisotopic (exact) mass is 439 g/mol. The molecule has 0 spiro atoms. The number of hydrogen-bond donors (Lipinski definition) is 3. The zero-order chi connectivity index (χ0) is 19.8. The van der Waals surface area contributed by atoms with Crippen LogP contribution in [-0.4, -0.2) is 54.0 Å². The Morgan fingerprint density at radius 2 is 2.14 bits per heavy atom. The Kier molecular flexibility index (Phi) is 5.44. The van der Waals surface area contributed by atoms with E-state index in [0.717, 1.165) is 6.29 Å². The number of fused-ring (bicyclic) bond motifs is 1. The fourth-order valence-corrected chi connectivity index (χ4v) is 4.69. The van der Waals surface area contributed by atoms with Crippen LogP contribution in [0, 0.1) is 0 Å². The second-order valence-electron chi connectivity index (χ2n) is 6.26.